The van der Waals surface area contributed by atoms with Crippen LogP contribution in [0, 0.1) is 17.5 Å². The Morgan fingerprint density at radius 1 is 0.946 bits per heavy atom. The van der Waals surface area contributed by atoms with Crippen molar-refractivity contribution in [1.29, 1.82) is 0 Å². The van der Waals surface area contributed by atoms with Crippen LogP contribution in [0.1, 0.15) is 18.0 Å². The molecule has 1 fully saturated rings. The van der Waals surface area contributed by atoms with Crippen LogP contribution in [0.3, 0.4) is 0 Å². The van der Waals surface area contributed by atoms with Crippen LogP contribution >= 0.6 is 0 Å². The lowest BCUT2D eigenvalue weighted by Crippen LogP contribution is -2.55. The van der Waals surface area contributed by atoms with E-state index in [9.17, 15) is 23.1 Å². The summed E-state index contributed by atoms with van der Waals surface area (Å²) in [6.45, 7) is 1.44. The van der Waals surface area contributed by atoms with Gasteiger partial charge in [0.15, 0.2) is 0 Å². The van der Waals surface area contributed by atoms with Crippen LogP contribution in [0.2, 0.25) is 0 Å². The Balaban J connectivity index is 1.56. The summed E-state index contributed by atoms with van der Waals surface area (Å²) in [5.74, 6) is -1.77. The van der Waals surface area contributed by atoms with Crippen molar-refractivity contribution in [3.05, 3.63) is 83.7 Å². The van der Waals surface area contributed by atoms with Crippen LogP contribution in [-0.2, 0) is 4.79 Å². The number of aliphatic imine (C=N–C) groups is 1. The number of aliphatic carboxylic acids is 1. The number of carbonyl (C=O) groups is 1. The van der Waals surface area contributed by atoms with Gasteiger partial charge in [0.05, 0.1) is 30.9 Å². The van der Waals surface area contributed by atoms with E-state index < -0.39 is 29.5 Å². The summed E-state index contributed by atoms with van der Waals surface area (Å²) in [4.78, 5) is 22.1. The van der Waals surface area contributed by atoms with Gasteiger partial charge < -0.3 is 24.5 Å². The quantitative estimate of drug-likeness (QED) is 0.524. The summed E-state index contributed by atoms with van der Waals surface area (Å²) in [5, 5.41) is 9.78. The van der Waals surface area contributed by atoms with Gasteiger partial charge in [0, 0.05) is 37.8 Å². The molecule has 1 N–H and O–H groups in total. The Hall–Kier alpha value is -4.21. The molecule has 2 aliphatic heterocycles. The minimum Gasteiger partial charge on any atom is -0.495 e. The van der Waals surface area contributed by atoms with Gasteiger partial charge in [0.2, 0.25) is 5.96 Å². The number of hydrogen-bond donors (Lipinski definition) is 1. The fourth-order valence-corrected chi connectivity index (χ4v) is 4.92. The van der Waals surface area contributed by atoms with Crippen molar-refractivity contribution in [2.24, 2.45) is 4.99 Å². The lowest BCUT2D eigenvalue weighted by Gasteiger charge is -2.45. The van der Waals surface area contributed by atoms with E-state index in [1.807, 2.05) is 4.90 Å². The van der Waals surface area contributed by atoms with Crippen molar-refractivity contribution in [2.45, 2.75) is 12.5 Å². The van der Waals surface area contributed by atoms with Gasteiger partial charge >= 0.3 is 5.97 Å². The predicted octanol–water partition coefficient (Wildman–Crippen LogP) is 4.96. The molecule has 0 bridgehead atoms. The molecule has 5 rings (SSSR count). The molecule has 0 amide bonds. The van der Waals surface area contributed by atoms with Crippen LogP contribution in [0.15, 0.2) is 65.7 Å². The van der Waals surface area contributed by atoms with E-state index in [0.717, 1.165) is 12.1 Å². The molecule has 0 saturated carbocycles. The number of methoxy groups -OCH3 is 1. The second-order valence-electron chi connectivity index (χ2n) is 8.81. The first-order valence-electron chi connectivity index (χ1n) is 11.8. The van der Waals surface area contributed by atoms with Crippen molar-refractivity contribution in [3.8, 4) is 5.75 Å². The lowest BCUT2D eigenvalue weighted by molar-refractivity contribution is -0.137. The number of halogens is 3. The number of hydrogen-bond acceptors (Lipinski definition) is 6. The van der Waals surface area contributed by atoms with Gasteiger partial charge in [-0.15, -0.1) is 0 Å². The van der Waals surface area contributed by atoms with E-state index in [2.05, 4.69) is 4.99 Å². The molecule has 3 aromatic carbocycles. The summed E-state index contributed by atoms with van der Waals surface area (Å²) in [7, 11) is 1.52. The van der Waals surface area contributed by atoms with Gasteiger partial charge in [-0.2, -0.15) is 0 Å². The van der Waals surface area contributed by atoms with E-state index in [0.29, 0.717) is 49.1 Å². The average molecular weight is 511 g/mol. The fraction of sp³-hybridized carbons (Fsp3) is 0.259. The zero-order chi connectivity index (χ0) is 26.1. The molecule has 2 aliphatic rings. The summed E-state index contributed by atoms with van der Waals surface area (Å²) in [6, 6.07) is 14.3. The number of nitrogens with zero attached hydrogens (tertiary/aromatic N) is 4. The monoisotopic (exact) mass is 510 g/mol. The maximum Gasteiger partial charge on any atom is 0.305 e. The van der Waals surface area contributed by atoms with Crippen molar-refractivity contribution >= 4 is 29.0 Å². The zero-order valence-electron chi connectivity index (χ0n) is 20.1. The molecule has 0 aliphatic carbocycles. The molecule has 3 aromatic rings. The summed E-state index contributed by atoms with van der Waals surface area (Å²) in [5.41, 5.74) is 1.31. The number of para-hydroxylation sites is 3. The molecule has 0 spiro atoms. The zero-order valence-corrected chi connectivity index (χ0v) is 20.1. The Morgan fingerprint density at radius 2 is 1.68 bits per heavy atom. The van der Waals surface area contributed by atoms with Crippen molar-refractivity contribution in [1.82, 2.24) is 4.90 Å². The molecule has 1 unspecified atom stereocenters. The molecule has 37 heavy (non-hydrogen) atoms. The van der Waals surface area contributed by atoms with Gasteiger partial charge in [-0.1, -0.05) is 24.3 Å². The summed E-state index contributed by atoms with van der Waals surface area (Å²) < 4.78 is 48.7. The van der Waals surface area contributed by atoms with Gasteiger partial charge in [-0.05, 0) is 30.3 Å². The molecule has 1 saturated heterocycles. The van der Waals surface area contributed by atoms with Crippen LogP contribution in [0.25, 0.3) is 0 Å². The topological polar surface area (TPSA) is 68.6 Å². The minimum atomic E-state index is -1.05. The van der Waals surface area contributed by atoms with E-state index in [1.54, 1.807) is 40.1 Å². The highest BCUT2D eigenvalue weighted by Crippen LogP contribution is 2.44. The second kappa shape index (κ2) is 10.0. The van der Waals surface area contributed by atoms with Crippen molar-refractivity contribution < 1.29 is 27.8 Å². The molecule has 7 nitrogen and oxygen atoms in total. The Bertz CT molecular complexity index is 1360. The standard InChI is InChI=1S/C27H25F3N4O3/c1-37-24-8-3-2-7-21(24)34-22(16-25(35)36)18-5-4-6-20(30)26(18)31-27(34)33-13-11-32(12-14-33)23-15-17(28)9-10-19(23)29/h2-10,15,22H,11-14,16H2,1H3,(H,35,36). The van der Waals surface area contributed by atoms with Gasteiger partial charge in [0.25, 0.3) is 0 Å². The molecule has 0 aromatic heterocycles. The Kier molecular flexibility index (Phi) is 6.64. The van der Waals surface area contributed by atoms with Crippen LogP contribution < -0.4 is 14.5 Å². The Labute approximate surface area is 212 Å². The van der Waals surface area contributed by atoms with E-state index in [-0.39, 0.29) is 17.8 Å². The van der Waals surface area contributed by atoms with Crippen LogP contribution in [0.4, 0.5) is 30.2 Å². The van der Waals surface area contributed by atoms with E-state index >= 15 is 0 Å². The SMILES string of the molecule is COc1ccccc1N1C(N2CCN(c3cc(F)ccc3F)CC2)=Nc2c(F)cccc2C1CC(=O)O. The summed E-state index contributed by atoms with van der Waals surface area (Å²) in [6.07, 6.45) is -0.304. The van der Waals surface area contributed by atoms with Crippen molar-refractivity contribution in [2.75, 3.05) is 43.1 Å². The van der Waals surface area contributed by atoms with Gasteiger partial charge in [-0.25, -0.2) is 18.2 Å². The maximum atomic E-state index is 15.0. The van der Waals surface area contributed by atoms with E-state index in [1.165, 1.54) is 25.3 Å². The molecule has 1 atom stereocenters. The third-order valence-electron chi connectivity index (χ3n) is 6.64. The maximum absolute atomic E-state index is 15.0. The Morgan fingerprint density at radius 3 is 2.41 bits per heavy atom. The molecular weight excluding hydrogens is 485 g/mol. The number of piperazine rings is 1. The third kappa shape index (κ3) is 4.66. The van der Waals surface area contributed by atoms with Crippen LogP contribution in [0.5, 0.6) is 5.75 Å². The number of anilines is 2. The van der Waals surface area contributed by atoms with Gasteiger partial charge in [-0.3, -0.25) is 4.79 Å². The molecule has 10 heteroatoms. The molecule has 2 heterocycles. The highest BCUT2D eigenvalue weighted by molar-refractivity contribution is 6.02. The highest BCUT2D eigenvalue weighted by atomic mass is 19.1. The number of carboxylic acids is 1. The number of fused-ring (bicyclic) bond motifs is 1. The molecular formula is C27H25F3N4O3. The van der Waals surface area contributed by atoms with E-state index in [4.69, 9.17) is 4.74 Å². The first-order chi connectivity index (χ1) is 17.9. The lowest BCUT2D eigenvalue weighted by atomic mass is 9.97. The molecule has 192 valence electrons. The first kappa shape index (κ1) is 24.5. The smallest absolute Gasteiger partial charge is 0.305 e. The number of carboxylic acid groups (broad SMARTS) is 1. The number of ether oxygens (including phenoxy) is 1. The average Bonchev–Trinajstić information content (AvgIpc) is 2.90. The number of rotatable bonds is 5. The number of guanidine groups is 1. The van der Waals surface area contributed by atoms with Crippen molar-refractivity contribution in [3.63, 3.8) is 0 Å². The first-order valence-corrected chi connectivity index (χ1v) is 11.8. The van der Waals surface area contributed by atoms with Crippen LogP contribution in [-0.4, -0.2) is 55.2 Å². The minimum absolute atomic E-state index is 0.0912. The molecule has 0 radical (unpaired) electrons. The predicted molar refractivity (Wildman–Crippen MR) is 134 cm³/mol. The highest BCUT2D eigenvalue weighted by Gasteiger charge is 2.38. The largest absolute Gasteiger partial charge is 0.495 e. The second-order valence-corrected chi connectivity index (χ2v) is 8.81. The fourth-order valence-electron chi connectivity index (χ4n) is 4.92. The normalized spacial score (nSPS) is 17.4. The van der Waals surface area contributed by atoms with Gasteiger partial charge in [0.1, 0.15) is 28.9 Å². The number of benzene rings is 3. The third-order valence-corrected chi connectivity index (χ3v) is 6.64. The summed E-state index contributed by atoms with van der Waals surface area (Å²) >= 11 is 0.